The van der Waals surface area contributed by atoms with Gasteiger partial charge in [-0.15, -0.1) is 0 Å². The molecule has 0 aliphatic heterocycles. The first-order valence-corrected chi connectivity index (χ1v) is 12.6. The summed E-state index contributed by atoms with van der Waals surface area (Å²) in [4.78, 5) is 0.277. The summed E-state index contributed by atoms with van der Waals surface area (Å²) in [7, 11) is -3.22. The van der Waals surface area contributed by atoms with Crippen molar-refractivity contribution < 1.29 is 13.5 Å². The van der Waals surface area contributed by atoms with Gasteiger partial charge in [0.05, 0.1) is 16.2 Å². The van der Waals surface area contributed by atoms with Gasteiger partial charge in [0.15, 0.2) is 9.84 Å². The lowest BCUT2D eigenvalue weighted by atomic mass is 9.89. The van der Waals surface area contributed by atoms with E-state index in [1.807, 2.05) is 56.3 Å². The lowest BCUT2D eigenvalue weighted by Crippen LogP contribution is -2.16. The molecule has 0 unspecified atom stereocenters. The molecule has 0 aliphatic carbocycles. The van der Waals surface area contributed by atoms with Crippen LogP contribution in [0.4, 0.5) is 5.69 Å². The van der Waals surface area contributed by atoms with E-state index in [9.17, 15) is 13.5 Å². The molecular formula is C28H29NO3S. The van der Waals surface area contributed by atoms with Gasteiger partial charge in [-0.2, -0.15) is 0 Å². The summed E-state index contributed by atoms with van der Waals surface area (Å²) in [5, 5.41) is 13.9. The van der Waals surface area contributed by atoms with Crippen LogP contribution >= 0.6 is 0 Å². The highest BCUT2D eigenvalue weighted by molar-refractivity contribution is 7.90. The monoisotopic (exact) mass is 459 g/mol. The Morgan fingerprint density at radius 1 is 1.03 bits per heavy atom. The molecular weight excluding hydrogens is 430 g/mol. The number of benzene rings is 3. The minimum atomic E-state index is -3.22. The first-order chi connectivity index (χ1) is 15.5. The topological polar surface area (TPSA) is 66.4 Å². The fourth-order valence-electron chi connectivity index (χ4n) is 3.49. The Morgan fingerprint density at radius 3 is 2.27 bits per heavy atom. The number of rotatable bonds is 5. The number of hydrogen-bond acceptors (Lipinski definition) is 4. The minimum absolute atomic E-state index is 0.277. The van der Waals surface area contributed by atoms with E-state index < -0.39 is 15.4 Å². The van der Waals surface area contributed by atoms with Crippen molar-refractivity contribution in [3.63, 3.8) is 0 Å². The number of nitrogens with one attached hydrogen (secondary N) is 1. The van der Waals surface area contributed by atoms with E-state index in [4.69, 9.17) is 0 Å². The molecule has 3 rings (SSSR count). The van der Waals surface area contributed by atoms with Crippen LogP contribution in [-0.2, 0) is 15.4 Å². The lowest BCUT2D eigenvalue weighted by molar-refractivity contribution is 0.0792. The van der Waals surface area contributed by atoms with Crippen LogP contribution in [0.2, 0.25) is 0 Å². The normalized spacial score (nSPS) is 12.1. The maximum absolute atomic E-state index is 11.6. The molecule has 0 saturated carbocycles. The molecule has 3 aromatic rings. The molecule has 5 heteroatoms. The van der Waals surface area contributed by atoms with E-state index in [2.05, 4.69) is 23.2 Å². The highest BCUT2D eigenvalue weighted by Gasteiger charge is 2.20. The molecule has 0 saturated heterocycles. The number of hydrogen-bond donors (Lipinski definition) is 2. The number of allylic oxidation sites excluding steroid dienone is 2. The van der Waals surface area contributed by atoms with E-state index >= 15 is 0 Å². The molecule has 0 fully saturated rings. The summed E-state index contributed by atoms with van der Waals surface area (Å²) in [5.41, 5.74) is 5.46. The van der Waals surface area contributed by atoms with Crippen molar-refractivity contribution in [1.82, 2.24) is 0 Å². The zero-order valence-electron chi connectivity index (χ0n) is 19.6. The first kappa shape index (κ1) is 24.3. The Kier molecular flexibility index (Phi) is 7.12. The smallest absolute Gasteiger partial charge is 0.175 e. The Hall–Kier alpha value is -3.33. The van der Waals surface area contributed by atoms with Crippen molar-refractivity contribution >= 4 is 15.5 Å². The van der Waals surface area contributed by atoms with Gasteiger partial charge in [0.2, 0.25) is 0 Å². The van der Waals surface area contributed by atoms with Gasteiger partial charge in [-0.1, -0.05) is 42.3 Å². The fourth-order valence-corrected chi connectivity index (χ4v) is 4.12. The minimum Gasteiger partial charge on any atom is -0.386 e. The quantitative estimate of drug-likeness (QED) is 0.483. The van der Waals surface area contributed by atoms with Crippen LogP contribution in [0.3, 0.4) is 0 Å². The Bertz CT molecular complexity index is 1350. The van der Waals surface area contributed by atoms with Crippen LogP contribution in [0.15, 0.2) is 83.4 Å². The van der Waals surface area contributed by atoms with Crippen LogP contribution in [0.1, 0.15) is 37.5 Å². The van der Waals surface area contributed by atoms with Crippen molar-refractivity contribution in [2.75, 3.05) is 11.6 Å². The fraction of sp³-hybridized carbons (Fsp3) is 0.214. The average Bonchev–Trinajstić information content (AvgIpc) is 2.76. The van der Waals surface area contributed by atoms with Gasteiger partial charge in [0.1, 0.15) is 0 Å². The van der Waals surface area contributed by atoms with E-state index in [-0.39, 0.29) is 4.90 Å². The maximum atomic E-state index is 11.6. The molecule has 4 nitrogen and oxygen atoms in total. The molecule has 0 aromatic heterocycles. The van der Waals surface area contributed by atoms with Crippen molar-refractivity contribution in [3.8, 4) is 23.0 Å². The van der Waals surface area contributed by atoms with Gasteiger partial charge in [-0.3, -0.25) is 0 Å². The summed E-state index contributed by atoms with van der Waals surface area (Å²) in [6, 6.07) is 20.6. The molecule has 170 valence electrons. The third-order valence-corrected chi connectivity index (χ3v) is 6.43. The van der Waals surface area contributed by atoms with E-state index in [1.54, 1.807) is 38.1 Å². The summed E-state index contributed by atoms with van der Waals surface area (Å²) in [6.45, 7) is 7.52. The average molecular weight is 460 g/mol. The number of sulfone groups is 1. The predicted octanol–water partition coefficient (Wildman–Crippen LogP) is 5.66. The Labute approximate surface area is 196 Å². The Balaban J connectivity index is 1.83. The molecule has 0 radical (unpaired) electrons. The molecule has 33 heavy (non-hydrogen) atoms. The Morgan fingerprint density at radius 2 is 1.70 bits per heavy atom. The summed E-state index contributed by atoms with van der Waals surface area (Å²) >= 11 is 0. The zero-order valence-corrected chi connectivity index (χ0v) is 20.4. The third-order valence-electron chi connectivity index (χ3n) is 5.31. The number of anilines is 1. The van der Waals surface area contributed by atoms with E-state index in [0.717, 1.165) is 39.2 Å². The van der Waals surface area contributed by atoms with Crippen LogP contribution in [0.5, 0.6) is 0 Å². The number of aliphatic hydroxyl groups is 1. The second-order valence-electron chi connectivity index (χ2n) is 8.51. The predicted molar refractivity (Wildman–Crippen MR) is 136 cm³/mol. The molecule has 0 heterocycles. The van der Waals surface area contributed by atoms with Crippen LogP contribution in [0, 0.1) is 18.8 Å². The van der Waals surface area contributed by atoms with Gasteiger partial charge >= 0.3 is 0 Å². The van der Waals surface area contributed by atoms with Crippen molar-refractivity contribution in [3.05, 3.63) is 95.2 Å². The van der Waals surface area contributed by atoms with Gasteiger partial charge < -0.3 is 10.4 Å². The van der Waals surface area contributed by atoms with Crippen molar-refractivity contribution in [2.45, 2.75) is 38.2 Å². The van der Waals surface area contributed by atoms with Crippen molar-refractivity contribution in [1.29, 1.82) is 0 Å². The largest absolute Gasteiger partial charge is 0.386 e. The summed E-state index contributed by atoms with van der Waals surface area (Å²) in [5.74, 6) is 6.18. The van der Waals surface area contributed by atoms with Crippen LogP contribution < -0.4 is 5.32 Å². The number of aryl methyl sites for hydroxylation is 1. The maximum Gasteiger partial charge on any atom is 0.175 e. The van der Waals surface area contributed by atoms with Gasteiger partial charge in [-0.25, -0.2) is 8.42 Å². The van der Waals surface area contributed by atoms with Gasteiger partial charge in [-0.05, 0) is 92.3 Å². The molecule has 0 spiro atoms. The van der Waals surface area contributed by atoms with E-state index in [0.29, 0.717) is 0 Å². The van der Waals surface area contributed by atoms with Gasteiger partial charge in [0, 0.05) is 17.5 Å². The summed E-state index contributed by atoms with van der Waals surface area (Å²) < 4.78 is 23.2. The summed E-state index contributed by atoms with van der Waals surface area (Å²) in [6.07, 6.45) is 3.08. The molecule has 2 N–H and O–H groups in total. The highest BCUT2D eigenvalue weighted by Crippen LogP contribution is 2.33. The lowest BCUT2D eigenvalue weighted by Gasteiger charge is -2.22. The van der Waals surface area contributed by atoms with E-state index in [1.165, 1.54) is 6.26 Å². The SMILES string of the molecule is C/C=C(/C#Cc1ccc(S(C)(=O)=O)cc1)Nc1ccc(-c2ccccc2C(C)(C)O)cc1C. The molecule has 0 amide bonds. The second-order valence-corrected chi connectivity index (χ2v) is 10.5. The highest BCUT2D eigenvalue weighted by atomic mass is 32.2. The first-order valence-electron chi connectivity index (χ1n) is 10.7. The molecule has 0 atom stereocenters. The van der Waals surface area contributed by atoms with Crippen LogP contribution in [0.25, 0.3) is 11.1 Å². The zero-order chi connectivity index (χ0) is 24.2. The van der Waals surface area contributed by atoms with Crippen molar-refractivity contribution in [2.24, 2.45) is 0 Å². The van der Waals surface area contributed by atoms with Crippen LogP contribution in [-0.4, -0.2) is 19.8 Å². The van der Waals surface area contributed by atoms with Gasteiger partial charge in [0.25, 0.3) is 0 Å². The third kappa shape index (κ3) is 6.13. The molecule has 0 aliphatic rings. The molecule has 3 aromatic carbocycles. The standard InChI is InChI=1S/C28H29NO3S/c1-6-23(15-11-21-12-16-24(17-13-21)33(5,31)32)29-27-18-14-22(19-20(27)2)25-9-7-8-10-26(25)28(3,4)30/h6-10,12-14,16-19,29-30H,1-5H3/b23-6-. The molecule has 0 bridgehead atoms. The second kappa shape index (κ2) is 9.66.